The van der Waals surface area contributed by atoms with Crippen LogP contribution in [0.4, 0.5) is 0 Å². The number of ether oxygens (including phenoxy) is 1. The van der Waals surface area contributed by atoms with Crippen molar-refractivity contribution >= 4 is 0 Å². The van der Waals surface area contributed by atoms with E-state index in [1.165, 1.54) is 11.1 Å². The van der Waals surface area contributed by atoms with E-state index in [-0.39, 0.29) is 5.60 Å². The zero-order chi connectivity index (χ0) is 12.0. The number of hydrogen-bond acceptors (Lipinski definition) is 2. The van der Waals surface area contributed by atoms with E-state index in [0.717, 1.165) is 25.8 Å². The van der Waals surface area contributed by atoms with E-state index in [9.17, 15) is 0 Å². The molecule has 0 aliphatic carbocycles. The monoisotopic (exact) mass is 221 g/mol. The van der Waals surface area contributed by atoms with Gasteiger partial charge in [-0.15, -0.1) is 0 Å². The first-order chi connectivity index (χ1) is 7.60. The number of hydrogen-bond donors (Lipinski definition) is 1. The van der Waals surface area contributed by atoms with Crippen LogP contribution in [0, 0.1) is 0 Å². The molecule has 0 spiro atoms. The van der Waals surface area contributed by atoms with Gasteiger partial charge in [-0.1, -0.05) is 24.3 Å². The molecule has 1 rings (SSSR count). The van der Waals surface area contributed by atoms with E-state index in [1.54, 1.807) is 7.11 Å². The summed E-state index contributed by atoms with van der Waals surface area (Å²) in [5.41, 5.74) is 7.90. The van der Waals surface area contributed by atoms with Gasteiger partial charge in [-0.3, -0.25) is 0 Å². The summed E-state index contributed by atoms with van der Waals surface area (Å²) in [6.07, 6.45) is 3.36. The van der Waals surface area contributed by atoms with Gasteiger partial charge in [0.1, 0.15) is 0 Å². The molecule has 0 heterocycles. The lowest BCUT2D eigenvalue weighted by molar-refractivity contribution is 0.0191. The molecule has 0 aromatic heterocycles. The van der Waals surface area contributed by atoms with Crippen molar-refractivity contribution in [3.63, 3.8) is 0 Å². The Hall–Kier alpha value is -0.860. The summed E-state index contributed by atoms with van der Waals surface area (Å²) in [6.45, 7) is 4.96. The van der Waals surface area contributed by atoms with Gasteiger partial charge >= 0.3 is 0 Å². The van der Waals surface area contributed by atoms with Crippen LogP contribution in [0.2, 0.25) is 0 Å². The summed E-state index contributed by atoms with van der Waals surface area (Å²) in [5.74, 6) is 0. The van der Waals surface area contributed by atoms with Crippen molar-refractivity contribution in [2.75, 3.05) is 13.7 Å². The Morgan fingerprint density at radius 3 is 2.62 bits per heavy atom. The highest BCUT2D eigenvalue weighted by Crippen LogP contribution is 2.24. The summed E-state index contributed by atoms with van der Waals surface area (Å²) in [7, 11) is 1.75. The van der Waals surface area contributed by atoms with E-state index in [4.69, 9.17) is 10.5 Å². The van der Waals surface area contributed by atoms with Gasteiger partial charge in [0.25, 0.3) is 0 Å². The summed E-state index contributed by atoms with van der Waals surface area (Å²) in [4.78, 5) is 0. The van der Waals surface area contributed by atoms with Crippen molar-refractivity contribution in [3.05, 3.63) is 35.4 Å². The summed E-state index contributed by atoms with van der Waals surface area (Å²) in [5, 5.41) is 0. The summed E-state index contributed by atoms with van der Waals surface area (Å²) >= 11 is 0. The number of benzene rings is 1. The van der Waals surface area contributed by atoms with Crippen LogP contribution in [0.1, 0.15) is 37.8 Å². The van der Waals surface area contributed by atoms with Gasteiger partial charge < -0.3 is 10.5 Å². The third kappa shape index (κ3) is 3.62. The minimum atomic E-state index is -0.204. The maximum absolute atomic E-state index is 5.49. The van der Waals surface area contributed by atoms with Crippen LogP contribution in [-0.2, 0) is 16.8 Å². The van der Waals surface area contributed by atoms with Crippen LogP contribution in [0.25, 0.3) is 0 Å². The minimum Gasteiger partial charge on any atom is -0.374 e. The molecule has 0 amide bonds. The average molecular weight is 221 g/mol. The SMILES string of the molecule is COC(C)(C)c1cccc(CCCCN)c1. The smallest absolute Gasteiger partial charge is 0.0871 e. The molecule has 90 valence electrons. The molecule has 1 aromatic carbocycles. The van der Waals surface area contributed by atoms with E-state index >= 15 is 0 Å². The molecule has 0 unspecified atom stereocenters. The standard InChI is InChI=1S/C14H23NO/c1-14(2,16-3)13-9-6-8-12(11-13)7-4-5-10-15/h6,8-9,11H,4-5,7,10,15H2,1-3H3. The van der Waals surface area contributed by atoms with Crippen LogP contribution in [0.3, 0.4) is 0 Å². The number of rotatable bonds is 6. The molecular weight excluding hydrogens is 198 g/mol. The van der Waals surface area contributed by atoms with Gasteiger partial charge in [-0.05, 0) is 50.8 Å². The molecule has 0 saturated heterocycles. The van der Waals surface area contributed by atoms with Crippen molar-refractivity contribution in [1.82, 2.24) is 0 Å². The zero-order valence-corrected chi connectivity index (χ0v) is 10.6. The van der Waals surface area contributed by atoms with Crippen molar-refractivity contribution < 1.29 is 4.74 Å². The summed E-state index contributed by atoms with van der Waals surface area (Å²) < 4.78 is 5.48. The number of methoxy groups -OCH3 is 1. The van der Waals surface area contributed by atoms with Crippen LogP contribution in [-0.4, -0.2) is 13.7 Å². The first-order valence-electron chi connectivity index (χ1n) is 5.95. The molecule has 0 atom stereocenters. The first-order valence-corrected chi connectivity index (χ1v) is 5.95. The maximum atomic E-state index is 5.49. The molecule has 2 N–H and O–H groups in total. The predicted molar refractivity (Wildman–Crippen MR) is 68.5 cm³/mol. The highest BCUT2D eigenvalue weighted by atomic mass is 16.5. The topological polar surface area (TPSA) is 35.2 Å². The van der Waals surface area contributed by atoms with E-state index < -0.39 is 0 Å². The second-order valence-corrected chi connectivity index (χ2v) is 4.66. The van der Waals surface area contributed by atoms with Crippen molar-refractivity contribution in [3.8, 4) is 0 Å². The third-order valence-corrected chi connectivity index (χ3v) is 3.05. The van der Waals surface area contributed by atoms with Gasteiger partial charge in [-0.25, -0.2) is 0 Å². The van der Waals surface area contributed by atoms with Gasteiger partial charge in [0.15, 0.2) is 0 Å². The van der Waals surface area contributed by atoms with Gasteiger partial charge in [0.2, 0.25) is 0 Å². The van der Waals surface area contributed by atoms with Crippen LogP contribution in [0.5, 0.6) is 0 Å². The fourth-order valence-electron chi connectivity index (χ4n) is 1.69. The van der Waals surface area contributed by atoms with Crippen LogP contribution < -0.4 is 5.73 Å². The lowest BCUT2D eigenvalue weighted by Crippen LogP contribution is -2.19. The van der Waals surface area contributed by atoms with Gasteiger partial charge in [0.05, 0.1) is 5.60 Å². The Labute approximate surface area is 98.8 Å². The number of unbranched alkanes of at least 4 members (excludes halogenated alkanes) is 1. The lowest BCUT2D eigenvalue weighted by Gasteiger charge is -2.24. The average Bonchev–Trinajstić information content (AvgIpc) is 2.30. The van der Waals surface area contributed by atoms with Crippen molar-refractivity contribution in [2.45, 2.75) is 38.7 Å². The molecule has 0 aliphatic rings. The van der Waals surface area contributed by atoms with Crippen molar-refractivity contribution in [2.24, 2.45) is 5.73 Å². The normalized spacial score (nSPS) is 11.8. The Kier molecular flexibility index (Phi) is 4.97. The minimum absolute atomic E-state index is 0.204. The Morgan fingerprint density at radius 1 is 1.25 bits per heavy atom. The number of nitrogens with two attached hydrogens (primary N) is 1. The maximum Gasteiger partial charge on any atom is 0.0871 e. The van der Waals surface area contributed by atoms with E-state index in [2.05, 4.69) is 38.1 Å². The molecule has 0 aliphatic heterocycles. The second kappa shape index (κ2) is 6.02. The first kappa shape index (κ1) is 13.2. The predicted octanol–water partition coefficient (Wildman–Crippen LogP) is 2.85. The van der Waals surface area contributed by atoms with E-state index in [1.807, 2.05) is 0 Å². The second-order valence-electron chi connectivity index (χ2n) is 4.66. The van der Waals surface area contributed by atoms with E-state index in [0.29, 0.717) is 0 Å². The molecular formula is C14H23NO. The Morgan fingerprint density at radius 2 is 2.00 bits per heavy atom. The van der Waals surface area contributed by atoms with Gasteiger partial charge in [-0.2, -0.15) is 0 Å². The molecule has 2 heteroatoms. The third-order valence-electron chi connectivity index (χ3n) is 3.05. The zero-order valence-electron chi connectivity index (χ0n) is 10.6. The van der Waals surface area contributed by atoms with Crippen LogP contribution >= 0.6 is 0 Å². The quantitative estimate of drug-likeness (QED) is 0.750. The highest BCUT2D eigenvalue weighted by molar-refractivity contribution is 5.27. The largest absolute Gasteiger partial charge is 0.374 e. The fourth-order valence-corrected chi connectivity index (χ4v) is 1.69. The molecule has 0 bridgehead atoms. The molecule has 1 aromatic rings. The van der Waals surface area contributed by atoms with Crippen LogP contribution in [0.15, 0.2) is 24.3 Å². The highest BCUT2D eigenvalue weighted by Gasteiger charge is 2.19. The van der Waals surface area contributed by atoms with Crippen molar-refractivity contribution in [1.29, 1.82) is 0 Å². The molecule has 0 fully saturated rings. The molecule has 2 nitrogen and oxygen atoms in total. The Balaban J connectivity index is 2.71. The van der Waals surface area contributed by atoms with Gasteiger partial charge in [0, 0.05) is 7.11 Å². The Bertz CT molecular complexity index is 320. The number of aryl methyl sites for hydroxylation is 1. The molecule has 16 heavy (non-hydrogen) atoms. The lowest BCUT2D eigenvalue weighted by atomic mass is 9.95. The molecule has 0 saturated carbocycles. The summed E-state index contributed by atoms with van der Waals surface area (Å²) in [6, 6.07) is 8.63. The molecule has 0 radical (unpaired) electrons. The fraction of sp³-hybridized carbons (Fsp3) is 0.571.